The van der Waals surface area contributed by atoms with Crippen LogP contribution in [0.25, 0.3) is 11.0 Å². The standard InChI is InChI=1S/C10H12N2/c1-3-12-8(2)11-9-6-4-5-7-10(9)12/h4-7H,3H2,1-2H3/i4D. The van der Waals surface area contributed by atoms with Gasteiger partial charge in [-0.15, -0.1) is 0 Å². The highest BCUT2D eigenvalue weighted by atomic mass is 15.1. The molecule has 12 heavy (non-hydrogen) atoms. The zero-order valence-corrected chi connectivity index (χ0v) is 7.33. The van der Waals surface area contributed by atoms with Crippen molar-refractivity contribution in [1.82, 2.24) is 9.55 Å². The van der Waals surface area contributed by atoms with Crippen molar-refractivity contribution >= 4 is 11.0 Å². The molecule has 2 aromatic rings. The number of hydrogen-bond acceptors (Lipinski definition) is 1. The highest BCUT2D eigenvalue weighted by molar-refractivity contribution is 5.75. The quantitative estimate of drug-likeness (QED) is 0.627. The predicted molar refractivity (Wildman–Crippen MR) is 50.1 cm³/mol. The number of aryl methyl sites for hydroxylation is 2. The summed E-state index contributed by atoms with van der Waals surface area (Å²) in [7, 11) is 0. The van der Waals surface area contributed by atoms with E-state index in [2.05, 4.69) is 16.5 Å². The van der Waals surface area contributed by atoms with Gasteiger partial charge in [-0.05, 0) is 26.0 Å². The van der Waals surface area contributed by atoms with Crippen LogP contribution >= 0.6 is 0 Å². The van der Waals surface area contributed by atoms with Crippen molar-refractivity contribution in [2.75, 3.05) is 0 Å². The van der Waals surface area contributed by atoms with Crippen molar-refractivity contribution in [1.29, 1.82) is 0 Å². The minimum atomic E-state index is 0.522. The van der Waals surface area contributed by atoms with Crippen molar-refractivity contribution in [2.45, 2.75) is 20.4 Å². The van der Waals surface area contributed by atoms with Crippen molar-refractivity contribution in [3.05, 3.63) is 30.1 Å². The van der Waals surface area contributed by atoms with Gasteiger partial charge in [0.15, 0.2) is 0 Å². The van der Waals surface area contributed by atoms with Crippen molar-refractivity contribution in [2.24, 2.45) is 0 Å². The molecular formula is C10H12N2. The van der Waals surface area contributed by atoms with Crippen LogP contribution in [0.4, 0.5) is 0 Å². The molecule has 0 bridgehead atoms. The van der Waals surface area contributed by atoms with Gasteiger partial charge < -0.3 is 4.57 Å². The molecule has 0 saturated heterocycles. The van der Waals surface area contributed by atoms with E-state index in [1.54, 1.807) is 12.1 Å². The fourth-order valence-corrected chi connectivity index (χ4v) is 1.54. The van der Waals surface area contributed by atoms with Crippen LogP contribution in [0.5, 0.6) is 0 Å². The molecule has 0 aliphatic heterocycles. The number of hydrogen-bond donors (Lipinski definition) is 0. The van der Waals surface area contributed by atoms with Gasteiger partial charge in [0.2, 0.25) is 0 Å². The van der Waals surface area contributed by atoms with Gasteiger partial charge in [-0.3, -0.25) is 0 Å². The summed E-state index contributed by atoms with van der Waals surface area (Å²) in [6, 6.07) is 6.08. The molecule has 0 spiro atoms. The van der Waals surface area contributed by atoms with E-state index < -0.39 is 0 Å². The zero-order chi connectivity index (χ0) is 9.42. The Morgan fingerprint density at radius 3 is 3.17 bits per heavy atom. The van der Waals surface area contributed by atoms with E-state index in [1.807, 2.05) is 13.0 Å². The molecule has 2 heteroatoms. The summed E-state index contributed by atoms with van der Waals surface area (Å²) in [6.45, 7) is 5.02. The maximum absolute atomic E-state index is 7.46. The Balaban J connectivity index is 2.79. The molecule has 0 radical (unpaired) electrons. The molecule has 1 heterocycles. The highest BCUT2D eigenvalue weighted by Gasteiger charge is 2.02. The Bertz CT molecular complexity index is 445. The Kier molecular flexibility index (Phi) is 1.36. The van der Waals surface area contributed by atoms with Gasteiger partial charge in [0.05, 0.1) is 12.4 Å². The van der Waals surface area contributed by atoms with Gasteiger partial charge in [0.1, 0.15) is 5.82 Å². The third-order valence-corrected chi connectivity index (χ3v) is 2.10. The van der Waals surface area contributed by atoms with Gasteiger partial charge >= 0.3 is 0 Å². The molecule has 0 aliphatic rings. The Hall–Kier alpha value is -1.31. The second-order valence-corrected chi connectivity index (χ2v) is 2.82. The lowest BCUT2D eigenvalue weighted by Gasteiger charge is -2.00. The molecule has 1 aromatic carbocycles. The van der Waals surface area contributed by atoms with Crippen LogP contribution in [-0.2, 0) is 6.54 Å². The molecule has 62 valence electrons. The fraction of sp³-hybridized carbons (Fsp3) is 0.300. The predicted octanol–water partition coefficient (Wildman–Crippen LogP) is 2.36. The third kappa shape index (κ3) is 0.916. The number of imidazole rings is 1. The monoisotopic (exact) mass is 161 g/mol. The van der Waals surface area contributed by atoms with Crippen LogP contribution in [-0.4, -0.2) is 9.55 Å². The third-order valence-electron chi connectivity index (χ3n) is 2.10. The SMILES string of the molecule is [2H]c1ccc2c(c1)nc(C)n2CC. The summed E-state index contributed by atoms with van der Waals surface area (Å²) in [4.78, 5) is 4.39. The molecular weight excluding hydrogens is 148 g/mol. The number of fused-ring (bicyclic) bond motifs is 1. The Morgan fingerprint density at radius 2 is 2.42 bits per heavy atom. The lowest BCUT2D eigenvalue weighted by Crippen LogP contribution is -1.95. The first-order chi connectivity index (χ1) is 6.22. The summed E-state index contributed by atoms with van der Waals surface area (Å²) in [6.07, 6.45) is 0. The molecule has 0 fully saturated rings. The van der Waals surface area contributed by atoms with Crippen LogP contribution in [0.3, 0.4) is 0 Å². The van der Waals surface area contributed by atoms with Gasteiger partial charge in [-0.1, -0.05) is 12.1 Å². The van der Waals surface area contributed by atoms with E-state index in [-0.39, 0.29) is 0 Å². The smallest absolute Gasteiger partial charge is 0.106 e. The van der Waals surface area contributed by atoms with E-state index in [4.69, 9.17) is 1.37 Å². The van der Waals surface area contributed by atoms with E-state index in [0.29, 0.717) is 6.04 Å². The first-order valence-corrected chi connectivity index (χ1v) is 4.16. The van der Waals surface area contributed by atoms with Gasteiger partial charge in [0.25, 0.3) is 0 Å². The summed E-state index contributed by atoms with van der Waals surface area (Å²) in [5, 5.41) is 0. The number of para-hydroxylation sites is 2. The lowest BCUT2D eigenvalue weighted by molar-refractivity contribution is 0.753. The van der Waals surface area contributed by atoms with Crippen LogP contribution < -0.4 is 0 Å². The van der Waals surface area contributed by atoms with Gasteiger partial charge in [-0.2, -0.15) is 0 Å². The number of nitrogens with zero attached hydrogens (tertiary/aromatic N) is 2. The molecule has 2 nitrogen and oxygen atoms in total. The molecule has 0 saturated carbocycles. The van der Waals surface area contributed by atoms with Crippen LogP contribution in [0, 0.1) is 6.92 Å². The van der Waals surface area contributed by atoms with Crippen LogP contribution in [0.2, 0.25) is 0 Å². The maximum Gasteiger partial charge on any atom is 0.106 e. The molecule has 1 aromatic heterocycles. The minimum absolute atomic E-state index is 0.522. The summed E-state index contributed by atoms with van der Waals surface area (Å²) in [5.41, 5.74) is 2.04. The van der Waals surface area contributed by atoms with E-state index in [9.17, 15) is 0 Å². The first-order valence-electron chi connectivity index (χ1n) is 4.66. The number of aromatic nitrogens is 2. The van der Waals surface area contributed by atoms with Crippen molar-refractivity contribution < 1.29 is 1.37 Å². The molecule has 0 atom stereocenters. The molecule has 0 aliphatic carbocycles. The van der Waals surface area contributed by atoms with Crippen molar-refractivity contribution in [3.8, 4) is 0 Å². The fourth-order valence-electron chi connectivity index (χ4n) is 1.54. The number of rotatable bonds is 1. The average Bonchev–Trinajstić information content (AvgIpc) is 2.39. The second-order valence-electron chi connectivity index (χ2n) is 2.82. The zero-order valence-electron chi connectivity index (χ0n) is 8.33. The average molecular weight is 161 g/mol. The number of benzene rings is 1. The van der Waals surface area contributed by atoms with Gasteiger partial charge in [0, 0.05) is 6.54 Å². The van der Waals surface area contributed by atoms with E-state index in [1.165, 1.54) is 0 Å². The topological polar surface area (TPSA) is 17.8 Å². The second kappa shape index (κ2) is 2.63. The van der Waals surface area contributed by atoms with Crippen molar-refractivity contribution in [3.63, 3.8) is 0 Å². The summed E-state index contributed by atoms with van der Waals surface area (Å²) < 4.78 is 9.61. The molecule has 0 unspecified atom stereocenters. The maximum atomic E-state index is 7.46. The normalized spacial score (nSPS) is 12.0. The summed E-state index contributed by atoms with van der Waals surface area (Å²) >= 11 is 0. The lowest BCUT2D eigenvalue weighted by atomic mass is 10.3. The van der Waals surface area contributed by atoms with Crippen LogP contribution in [0.15, 0.2) is 24.2 Å². The highest BCUT2D eigenvalue weighted by Crippen LogP contribution is 2.14. The minimum Gasteiger partial charge on any atom is -0.329 e. The van der Waals surface area contributed by atoms with Crippen LogP contribution in [0.1, 0.15) is 14.1 Å². The molecule has 2 rings (SSSR count). The molecule has 0 amide bonds. The van der Waals surface area contributed by atoms with Gasteiger partial charge in [-0.25, -0.2) is 4.98 Å². The first kappa shape index (κ1) is 6.23. The molecule has 0 N–H and O–H groups in total. The van der Waals surface area contributed by atoms with E-state index in [0.717, 1.165) is 23.4 Å². The van der Waals surface area contributed by atoms with E-state index >= 15 is 0 Å². The Labute approximate surface area is 73.3 Å². The largest absolute Gasteiger partial charge is 0.329 e. The Morgan fingerprint density at radius 1 is 1.58 bits per heavy atom. The summed E-state index contributed by atoms with van der Waals surface area (Å²) in [5.74, 6) is 1.02.